The van der Waals surface area contributed by atoms with Crippen molar-refractivity contribution in [2.45, 2.75) is 19.9 Å². The van der Waals surface area contributed by atoms with Crippen LogP contribution in [0.25, 0.3) is 0 Å². The number of aromatic nitrogens is 3. The average molecular weight is 428 g/mol. The summed E-state index contributed by atoms with van der Waals surface area (Å²) in [6.07, 6.45) is 6.43. The zero-order valence-corrected chi connectivity index (χ0v) is 17.0. The first kappa shape index (κ1) is 19.1. The average Bonchev–Trinajstić information content (AvgIpc) is 3.08. The summed E-state index contributed by atoms with van der Waals surface area (Å²) in [4.78, 5) is 23.4. The van der Waals surface area contributed by atoms with Crippen LogP contribution in [-0.2, 0) is 6.54 Å². The number of aryl methyl sites for hydroxylation is 2. The molecule has 0 atom stereocenters. The van der Waals surface area contributed by atoms with E-state index in [0.29, 0.717) is 11.4 Å². The Bertz CT molecular complexity index is 907. The molecule has 0 fully saturated rings. The van der Waals surface area contributed by atoms with Crippen molar-refractivity contribution >= 4 is 33.3 Å². The van der Waals surface area contributed by atoms with Crippen molar-refractivity contribution in [3.05, 3.63) is 70.8 Å². The van der Waals surface area contributed by atoms with Crippen molar-refractivity contribution in [2.24, 2.45) is 0 Å². The van der Waals surface area contributed by atoms with E-state index in [9.17, 15) is 4.79 Å². The zero-order chi connectivity index (χ0) is 19.2. The monoisotopic (exact) mass is 427 g/mol. The number of amides is 1. The van der Waals surface area contributed by atoms with Crippen molar-refractivity contribution in [2.75, 3.05) is 23.8 Å². The highest BCUT2D eigenvalue weighted by atomic mass is 79.9. The second kappa shape index (κ2) is 8.81. The van der Waals surface area contributed by atoms with Gasteiger partial charge >= 0.3 is 0 Å². The Hall–Kier alpha value is -2.67. The van der Waals surface area contributed by atoms with E-state index in [-0.39, 0.29) is 5.91 Å². The third-order valence-electron chi connectivity index (χ3n) is 4.31. The molecule has 6 nitrogen and oxygen atoms in total. The first-order valence-electron chi connectivity index (χ1n) is 8.75. The SMILES string of the molecule is Cc1nccn1CCCN(C)c1ncccc1C(=O)Nc1ccc(Br)cc1. The molecule has 1 N–H and O–H groups in total. The number of benzene rings is 1. The van der Waals surface area contributed by atoms with Crippen molar-refractivity contribution < 1.29 is 4.79 Å². The highest BCUT2D eigenvalue weighted by molar-refractivity contribution is 9.10. The summed E-state index contributed by atoms with van der Waals surface area (Å²) >= 11 is 3.39. The second-order valence-corrected chi connectivity index (χ2v) is 7.19. The standard InChI is InChI=1S/C20H22BrN5O/c1-15-22-11-14-26(15)13-4-12-25(2)19-18(5-3-10-23-19)20(27)24-17-8-6-16(21)7-9-17/h3,5-11,14H,4,12-13H2,1-2H3,(H,24,27). The molecule has 0 bridgehead atoms. The number of imidazole rings is 1. The Balaban J connectivity index is 1.66. The molecule has 3 rings (SSSR count). The van der Waals surface area contributed by atoms with Gasteiger partial charge in [0.05, 0.1) is 5.56 Å². The largest absolute Gasteiger partial charge is 0.359 e. The summed E-state index contributed by atoms with van der Waals surface area (Å²) < 4.78 is 3.09. The number of rotatable bonds is 7. The van der Waals surface area contributed by atoms with Crippen LogP contribution in [0.3, 0.4) is 0 Å². The molecule has 1 aromatic carbocycles. The van der Waals surface area contributed by atoms with Crippen LogP contribution >= 0.6 is 15.9 Å². The van der Waals surface area contributed by atoms with Crippen LogP contribution in [0.5, 0.6) is 0 Å². The molecule has 1 amide bonds. The number of hydrogen-bond donors (Lipinski definition) is 1. The second-order valence-electron chi connectivity index (χ2n) is 6.28. The van der Waals surface area contributed by atoms with Gasteiger partial charge in [0, 0.05) is 48.9 Å². The zero-order valence-electron chi connectivity index (χ0n) is 15.4. The van der Waals surface area contributed by atoms with E-state index in [1.165, 1.54) is 0 Å². The maximum absolute atomic E-state index is 12.7. The minimum Gasteiger partial charge on any atom is -0.359 e. The lowest BCUT2D eigenvalue weighted by Crippen LogP contribution is -2.25. The summed E-state index contributed by atoms with van der Waals surface area (Å²) in [6, 6.07) is 11.1. The maximum Gasteiger partial charge on any atom is 0.259 e. The van der Waals surface area contributed by atoms with Gasteiger partial charge in [0.25, 0.3) is 5.91 Å². The fraction of sp³-hybridized carbons (Fsp3) is 0.250. The number of anilines is 2. The normalized spacial score (nSPS) is 10.6. The molecule has 0 spiro atoms. The molecule has 140 valence electrons. The van der Waals surface area contributed by atoms with Gasteiger partial charge in [-0.3, -0.25) is 4.79 Å². The number of nitrogens with one attached hydrogen (secondary N) is 1. The van der Waals surface area contributed by atoms with E-state index < -0.39 is 0 Å². The van der Waals surface area contributed by atoms with E-state index in [2.05, 4.69) is 35.8 Å². The Kier molecular flexibility index (Phi) is 6.24. The highest BCUT2D eigenvalue weighted by Gasteiger charge is 2.15. The van der Waals surface area contributed by atoms with Crippen LogP contribution < -0.4 is 10.2 Å². The Morgan fingerprint density at radius 3 is 2.67 bits per heavy atom. The number of nitrogens with zero attached hydrogens (tertiary/aromatic N) is 4. The first-order chi connectivity index (χ1) is 13.0. The molecule has 3 aromatic rings. The van der Waals surface area contributed by atoms with Gasteiger partial charge in [0.15, 0.2) is 0 Å². The molecule has 0 aliphatic rings. The minimum absolute atomic E-state index is 0.169. The Labute approximate surface area is 167 Å². The Morgan fingerprint density at radius 1 is 1.19 bits per heavy atom. The van der Waals surface area contributed by atoms with Gasteiger partial charge in [-0.15, -0.1) is 0 Å². The Morgan fingerprint density at radius 2 is 1.96 bits per heavy atom. The van der Waals surface area contributed by atoms with Gasteiger partial charge in [-0.25, -0.2) is 9.97 Å². The van der Waals surface area contributed by atoms with Gasteiger partial charge < -0.3 is 14.8 Å². The molecule has 2 aromatic heterocycles. The van der Waals surface area contributed by atoms with E-state index in [1.54, 1.807) is 18.3 Å². The number of carbonyl (C=O) groups is 1. The molecule has 27 heavy (non-hydrogen) atoms. The summed E-state index contributed by atoms with van der Waals surface area (Å²) in [5.41, 5.74) is 1.30. The molecular weight excluding hydrogens is 406 g/mol. The molecular formula is C20H22BrN5O. The van der Waals surface area contributed by atoms with Crippen molar-refractivity contribution in [1.29, 1.82) is 0 Å². The van der Waals surface area contributed by atoms with Gasteiger partial charge in [0.1, 0.15) is 11.6 Å². The fourth-order valence-electron chi connectivity index (χ4n) is 2.83. The lowest BCUT2D eigenvalue weighted by atomic mass is 10.2. The molecule has 7 heteroatoms. The van der Waals surface area contributed by atoms with Gasteiger partial charge in [-0.1, -0.05) is 15.9 Å². The molecule has 0 aliphatic carbocycles. The number of hydrogen-bond acceptors (Lipinski definition) is 4. The van der Waals surface area contributed by atoms with Crippen LogP contribution in [0.2, 0.25) is 0 Å². The molecule has 0 unspecified atom stereocenters. The van der Waals surface area contributed by atoms with Crippen LogP contribution in [0, 0.1) is 6.92 Å². The molecule has 0 saturated carbocycles. The number of pyridine rings is 1. The predicted octanol–water partition coefficient (Wildman–Crippen LogP) is 4.13. The summed E-state index contributed by atoms with van der Waals surface area (Å²) in [5.74, 6) is 1.51. The van der Waals surface area contributed by atoms with Crippen LogP contribution in [0.15, 0.2) is 59.5 Å². The third kappa shape index (κ3) is 4.95. The van der Waals surface area contributed by atoms with Crippen molar-refractivity contribution in [3.8, 4) is 0 Å². The lowest BCUT2D eigenvalue weighted by Gasteiger charge is -2.21. The van der Waals surface area contributed by atoms with E-state index in [4.69, 9.17) is 0 Å². The van der Waals surface area contributed by atoms with E-state index >= 15 is 0 Å². The predicted molar refractivity (Wildman–Crippen MR) is 111 cm³/mol. The highest BCUT2D eigenvalue weighted by Crippen LogP contribution is 2.19. The minimum atomic E-state index is -0.169. The molecule has 0 radical (unpaired) electrons. The van der Waals surface area contributed by atoms with E-state index in [1.807, 2.05) is 55.5 Å². The smallest absolute Gasteiger partial charge is 0.259 e. The third-order valence-corrected chi connectivity index (χ3v) is 4.84. The van der Waals surface area contributed by atoms with E-state index in [0.717, 1.165) is 35.5 Å². The van der Waals surface area contributed by atoms with Crippen molar-refractivity contribution in [1.82, 2.24) is 14.5 Å². The molecule has 0 saturated heterocycles. The van der Waals surface area contributed by atoms with Crippen LogP contribution in [0.4, 0.5) is 11.5 Å². The fourth-order valence-corrected chi connectivity index (χ4v) is 3.10. The topological polar surface area (TPSA) is 63.1 Å². The summed E-state index contributed by atoms with van der Waals surface area (Å²) in [6.45, 7) is 3.66. The number of halogens is 1. The van der Waals surface area contributed by atoms with Gasteiger partial charge in [-0.05, 0) is 49.7 Å². The van der Waals surface area contributed by atoms with Crippen molar-refractivity contribution in [3.63, 3.8) is 0 Å². The van der Waals surface area contributed by atoms with Gasteiger partial charge in [0.2, 0.25) is 0 Å². The summed E-state index contributed by atoms with van der Waals surface area (Å²) in [5, 5.41) is 2.93. The first-order valence-corrected chi connectivity index (χ1v) is 9.54. The lowest BCUT2D eigenvalue weighted by molar-refractivity contribution is 0.102. The molecule has 2 heterocycles. The summed E-state index contributed by atoms with van der Waals surface area (Å²) in [7, 11) is 1.96. The quantitative estimate of drug-likeness (QED) is 0.615. The van der Waals surface area contributed by atoms with Crippen LogP contribution in [0.1, 0.15) is 22.6 Å². The number of carbonyl (C=O) groups excluding carboxylic acids is 1. The van der Waals surface area contributed by atoms with Crippen LogP contribution in [-0.4, -0.2) is 34.0 Å². The van der Waals surface area contributed by atoms with Gasteiger partial charge in [-0.2, -0.15) is 0 Å². The maximum atomic E-state index is 12.7. The molecule has 0 aliphatic heterocycles.